The summed E-state index contributed by atoms with van der Waals surface area (Å²) < 4.78 is 18.7. The minimum atomic E-state index is -2.27. The van der Waals surface area contributed by atoms with Crippen molar-refractivity contribution in [2.45, 2.75) is 147 Å². The largest absolute Gasteiger partial charge is 0.457 e. The summed E-state index contributed by atoms with van der Waals surface area (Å²) in [5, 5.41) is 11.7. The van der Waals surface area contributed by atoms with Crippen LogP contribution in [0.4, 0.5) is 4.79 Å². The van der Waals surface area contributed by atoms with Gasteiger partial charge in [0.1, 0.15) is 18.0 Å². The molecule has 5 atom stereocenters. The van der Waals surface area contributed by atoms with Gasteiger partial charge in [-0.2, -0.15) is 0 Å². The molecular weight excluding hydrogens is 588 g/mol. The number of carbonyl (C=O) groups excluding carboxylic acids is 3. The molecule has 1 saturated heterocycles. The van der Waals surface area contributed by atoms with Crippen LogP contribution in [0.2, 0.25) is 18.1 Å². The molecule has 0 bridgehead atoms. The third-order valence-corrected chi connectivity index (χ3v) is 15.0. The highest BCUT2D eigenvalue weighted by molar-refractivity contribution is 6.74. The number of aldehydes is 1. The summed E-state index contributed by atoms with van der Waals surface area (Å²) in [7, 11) is -2.27. The van der Waals surface area contributed by atoms with Crippen molar-refractivity contribution in [1.82, 2.24) is 9.80 Å². The molecule has 0 aromatic carbocycles. The van der Waals surface area contributed by atoms with E-state index in [0.717, 1.165) is 13.1 Å². The van der Waals surface area contributed by atoms with E-state index in [1.165, 1.54) is 44.6 Å². The van der Waals surface area contributed by atoms with E-state index in [-0.39, 0.29) is 23.8 Å². The summed E-state index contributed by atoms with van der Waals surface area (Å²) in [4.78, 5) is 42.3. The normalized spacial score (nSPS) is 31.6. The molecule has 2 heterocycles. The molecule has 1 saturated carbocycles. The maximum atomic E-state index is 13.5. The third kappa shape index (κ3) is 10.8. The third-order valence-electron chi connectivity index (χ3n) is 10.5. The number of cyclic esters (lactones) is 1. The Morgan fingerprint density at radius 3 is 2.27 bits per heavy atom. The topological polar surface area (TPSA) is 106 Å². The quantitative estimate of drug-likeness (QED) is 0.0881. The fraction of sp³-hybridized carbons (Fsp3) is 0.800. The Hall–Kier alpha value is -2.01. The summed E-state index contributed by atoms with van der Waals surface area (Å²) in [6.07, 6.45) is 11.4. The van der Waals surface area contributed by atoms with E-state index >= 15 is 0 Å². The van der Waals surface area contributed by atoms with Crippen LogP contribution in [-0.2, 0) is 23.5 Å². The van der Waals surface area contributed by atoms with Crippen LogP contribution in [0.15, 0.2) is 23.8 Å². The van der Waals surface area contributed by atoms with Gasteiger partial charge in [-0.15, -0.1) is 0 Å². The van der Waals surface area contributed by atoms with Gasteiger partial charge in [0.15, 0.2) is 14.4 Å². The van der Waals surface area contributed by atoms with E-state index in [9.17, 15) is 19.5 Å². The fourth-order valence-electron chi connectivity index (χ4n) is 6.41. The lowest BCUT2D eigenvalue weighted by atomic mass is 9.89. The Labute approximate surface area is 272 Å². The number of allylic oxidation sites excluding steroid dienone is 1. The first-order valence-electron chi connectivity index (χ1n) is 17.1. The Kier molecular flexibility index (Phi) is 13.5. The SMILES string of the molecule is C/C(=C\C=O)[C@H]1OC(=O)C[C@H](O[Si](C)(C)C(C)(C)C)CC[C@@](C)(O)[C@@H](OC(=O)N2CCN(C3CCCCCC3)CC2)/C=C\[C@@H]1C. The zero-order valence-corrected chi connectivity index (χ0v) is 30.2. The number of amides is 1. The highest BCUT2D eigenvalue weighted by atomic mass is 28.4. The second kappa shape index (κ2) is 16.2. The predicted molar refractivity (Wildman–Crippen MR) is 179 cm³/mol. The van der Waals surface area contributed by atoms with Crippen LogP contribution in [-0.4, -0.2) is 97.7 Å². The maximum Gasteiger partial charge on any atom is 0.410 e. The molecule has 256 valence electrons. The van der Waals surface area contributed by atoms with Crippen molar-refractivity contribution in [2.24, 2.45) is 5.92 Å². The van der Waals surface area contributed by atoms with Crippen molar-refractivity contribution in [3.05, 3.63) is 23.8 Å². The number of hydrogen-bond acceptors (Lipinski definition) is 8. The molecule has 0 radical (unpaired) electrons. The molecule has 3 aliphatic rings. The second-order valence-electron chi connectivity index (χ2n) is 15.3. The zero-order valence-electron chi connectivity index (χ0n) is 29.2. The molecule has 1 N–H and O–H groups in total. The monoisotopic (exact) mass is 648 g/mol. The Morgan fingerprint density at radius 2 is 1.69 bits per heavy atom. The first-order valence-corrected chi connectivity index (χ1v) is 20.0. The molecule has 10 heteroatoms. The Balaban J connectivity index is 1.82. The zero-order chi connectivity index (χ0) is 33.4. The maximum absolute atomic E-state index is 13.5. The van der Waals surface area contributed by atoms with E-state index < -0.39 is 44.3 Å². The first-order chi connectivity index (χ1) is 21.0. The number of nitrogens with zero attached hydrogens (tertiary/aromatic N) is 2. The van der Waals surface area contributed by atoms with Crippen LogP contribution in [0.1, 0.15) is 99.3 Å². The van der Waals surface area contributed by atoms with Gasteiger partial charge in [-0.05, 0) is 75.4 Å². The molecule has 0 spiro atoms. The second-order valence-corrected chi connectivity index (χ2v) is 20.0. The highest BCUT2D eigenvalue weighted by Gasteiger charge is 2.42. The van der Waals surface area contributed by atoms with E-state index in [4.69, 9.17) is 13.9 Å². The minimum Gasteiger partial charge on any atom is -0.457 e. The summed E-state index contributed by atoms with van der Waals surface area (Å²) in [5.41, 5.74) is -0.795. The van der Waals surface area contributed by atoms with Gasteiger partial charge in [-0.25, -0.2) is 4.79 Å². The Morgan fingerprint density at radius 1 is 1.07 bits per heavy atom. The van der Waals surface area contributed by atoms with Gasteiger partial charge in [0.25, 0.3) is 0 Å². The molecular formula is C35H60N2O7Si. The summed E-state index contributed by atoms with van der Waals surface area (Å²) in [5.74, 6) is -0.752. The standard InChI is InChI=1S/C35H60N2O7Si/c1-26-15-16-30(42-33(40)37-22-20-36(21-23-37)28-13-11-9-10-12-14-28)35(6,41)19-17-29(44-45(7,8)34(3,4)5)25-31(39)43-32(26)27(2)18-24-38/h15-16,18,24,26,28-30,32,41H,9-14,17,19-23,25H2,1-8H3/b16-15-,27-18+/t26-,29+,30-,32-,35+/m0/s1. The van der Waals surface area contributed by atoms with Crippen LogP contribution in [0.25, 0.3) is 0 Å². The van der Waals surface area contributed by atoms with E-state index in [1.807, 2.05) is 13.0 Å². The van der Waals surface area contributed by atoms with Crippen LogP contribution in [0.5, 0.6) is 0 Å². The molecule has 3 rings (SSSR count). The average molecular weight is 649 g/mol. The molecule has 1 aliphatic carbocycles. The van der Waals surface area contributed by atoms with E-state index in [2.05, 4.69) is 38.8 Å². The number of piperazine rings is 1. The van der Waals surface area contributed by atoms with Crippen molar-refractivity contribution in [2.75, 3.05) is 26.2 Å². The molecule has 9 nitrogen and oxygen atoms in total. The van der Waals surface area contributed by atoms with Crippen LogP contribution < -0.4 is 0 Å². The van der Waals surface area contributed by atoms with Crippen molar-refractivity contribution in [1.29, 1.82) is 0 Å². The van der Waals surface area contributed by atoms with Crippen LogP contribution in [0, 0.1) is 5.92 Å². The van der Waals surface area contributed by atoms with Gasteiger partial charge in [-0.3, -0.25) is 14.5 Å². The number of carbonyl (C=O) groups is 3. The van der Waals surface area contributed by atoms with Crippen LogP contribution in [0.3, 0.4) is 0 Å². The van der Waals surface area contributed by atoms with Gasteiger partial charge < -0.3 is 23.9 Å². The number of aliphatic hydroxyl groups is 1. The van der Waals surface area contributed by atoms with Crippen molar-refractivity contribution < 1.29 is 33.4 Å². The fourth-order valence-corrected chi connectivity index (χ4v) is 7.80. The smallest absolute Gasteiger partial charge is 0.410 e. The molecule has 0 unspecified atom stereocenters. The number of esters is 1. The lowest BCUT2D eigenvalue weighted by molar-refractivity contribution is -0.151. The number of ether oxygens (including phenoxy) is 2. The highest BCUT2D eigenvalue weighted by Crippen LogP contribution is 2.39. The number of rotatable bonds is 6. The van der Waals surface area contributed by atoms with Crippen LogP contribution >= 0.6 is 0 Å². The van der Waals surface area contributed by atoms with Gasteiger partial charge in [0.05, 0.1) is 12.5 Å². The molecule has 0 aromatic heterocycles. The van der Waals surface area contributed by atoms with E-state index in [1.54, 1.807) is 24.8 Å². The molecule has 2 fully saturated rings. The molecule has 0 aromatic rings. The number of hydrogen-bond donors (Lipinski definition) is 1. The predicted octanol–water partition coefficient (Wildman–Crippen LogP) is 6.41. The Bertz CT molecular complexity index is 1050. The first kappa shape index (κ1) is 37.4. The lowest BCUT2D eigenvalue weighted by Gasteiger charge is -2.41. The molecule has 2 aliphatic heterocycles. The lowest BCUT2D eigenvalue weighted by Crippen LogP contribution is -2.53. The summed E-state index contributed by atoms with van der Waals surface area (Å²) >= 11 is 0. The van der Waals surface area contributed by atoms with Gasteiger partial charge in [-0.1, -0.05) is 59.5 Å². The molecule has 45 heavy (non-hydrogen) atoms. The van der Waals surface area contributed by atoms with Gasteiger partial charge in [0.2, 0.25) is 0 Å². The van der Waals surface area contributed by atoms with E-state index in [0.29, 0.717) is 37.4 Å². The van der Waals surface area contributed by atoms with Gasteiger partial charge in [0, 0.05) is 38.1 Å². The molecule has 1 amide bonds. The average Bonchev–Trinajstić information content (AvgIpc) is 3.25. The minimum absolute atomic E-state index is 0.0274. The van der Waals surface area contributed by atoms with Gasteiger partial charge >= 0.3 is 12.1 Å². The van der Waals surface area contributed by atoms with Crippen molar-refractivity contribution in [3.63, 3.8) is 0 Å². The summed E-state index contributed by atoms with van der Waals surface area (Å²) in [6.45, 7) is 18.9. The summed E-state index contributed by atoms with van der Waals surface area (Å²) in [6, 6.07) is 0.599. The van der Waals surface area contributed by atoms with Crippen molar-refractivity contribution in [3.8, 4) is 0 Å². The van der Waals surface area contributed by atoms with Crippen molar-refractivity contribution >= 4 is 26.7 Å².